The molecule has 2 rings (SSSR count). The Morgan fingerprint density at radius 3 is 1.09 bits per heavy atom. The van der Waals surface area contributed by atoms with E-state index in [0.29, 0.717) is 11.8 Å². The van der Waals surface area contributed by atoms with E-state index in [2.05, 4.69) is 122 Å². The zero-order valence-corrected chi connectivity index (χ0v) is 19.8. The molecule has 4 heteroatoms. The van der Waals surface area contributed by atoms with Crippen LogP contribution in [0.4, 0.5) is 0 Å². The standard InChI is InChI=1S/C19H18Br4/c1-10(2)12-5-16(20)14(17(21)6-12)9-15-18(22)7-13(11(3)4)8-19(15)23/h5-8,10-11H,1-4H3. The highest BCUT2D eigenvalue weighted by Gasteiger charge is 2.16. The smallest absolute Gasteiger partial charge is 0.0549 e. The maximum atomic E-state index is 3.69. The maximum Gasteiger partial charge on any atom is 0.0549 e. The van der Waals surface area contributed by atoms with Gasteiger partial charge in [0.1, 0.15) is 0 Å². The van der Waals surface area contributed by atoms with Crippen molar-refractivity contribution in [2.45, 2.75) is 39.5 Å². The van der Waals surface area contributed by atoms with Gasteiger partial charge >= 0.3 is 0 Å². The number of rotatable bonds is 4. The van der Waals surface area contributed by atoms with Gasteiger partial charge in [0.15, 0.2) is 0 Å². The largest absolute Gasteiger partial charge is 0.0587 e. The molecule has 2 aromatic carbocycles. The van der Waals surface area contributed by atoms with Gasteiger partial charge in [-0.15, -0.1) is 0 Å². The zero-order valence-electron chi connectivity index (χ0n) is 13.5. The fraction of sp³-hybridized carbons (Fsp3) is 0.316. The minimum absolute atomic E-state index is 0.487. The van der Waals surface area contributed by atoms with Gasteiger partial charge in [0.2, 0.25) is 0 Å². The van der Waals surface area contributed by atoms with Crippen molar-refractivity contribution in [1.29, 1.82) is 0 Å². The Morgan fingerprint density at radius 2 is 0.870 bits per heavy atom. The Kier molecular flexibility index (Phi) is 6.98. The van der Waals surface area contributed by atoms with Gasteiger partial charge in [0, 0.05) is 17.9 Å². The molecule has 2 aromatic rings. The van der Waals surface area contributed by atoms with Gasteiger partial charge in [-0.25, -0.2) is 0 Å². The molecular formula is C19H18Br4. The minimum atomic E-state index is 0.487. The molecule has 122 valence electrons. The van der Waals surface area contributed by atoms with Crippen molar-refractivity contribution in [2.24, 2.45) is 0 Å². The monoisotopic (exact) mass is 562 g/mol. The van der Waals surface area contributed by atoms with E-state index in [1.165, 1.54) is 11.1 Å². The first-order chi connectivity index (χ1) is 10.7. The fourth-order valence-electron chi connectivity index (χ4n) is 2.22. The third kappa shape index (κ3) is 4.71. The van der Waals surface area contributed by atoms with Crippen LogP contribution in [0.1, 0.15) is 61.8 Å². The van der Waals surface area contributed by atoms with E-state index in [-0.39, 0.29) is 0 Å². The van der Waals surface area contributed by atoms with Crippen molar-refractivity contribution in [3.05, 3.63) is 70.8 Å². The summed E-state index contributed by atoms with van der Waals surface area (Å²) >= 11 is 14.7. The molecule has 0 fully saturated rings. The lowest BCUT2D eigenvalue weighted by atomic mass is 9.97. The molecule has 0 aromatic heterocycles. The van der Waals surface area contributed by atoms with Gasteiger partial charge in [-0.3, -0.25) is 0 Å². The van der Waals surface area contributed by atoms with Gasteiger partial charge in [-0.1, -0.05) is 91.4 Å². The van der Waals surface area contributed by atoms with Crippen molar-refractivity contribution in [2.75, 3.05) is 0 Å². The predicted molar refractivity (Wildman–Crippen MR) is 113 cm³/mol. The van der Waals surface area contributed by atoms with Crippen LogP contribution in [0.15, 0.2) is 42.2 Å². The van der Waals surface area contributed by atoms with Crippen molar-refractivity contribution in [1.82, 2.24) is 0 Å². The summed E-state index contributed by atoms with van der Waals surface area (Å²) in [6.07, 6.45) is 3.52. The van der Waals surface area contributed by atoms with Crippen molar-refractivity contribution in [3.8, 4) is 0 Å². The third-order valence-electron chi connectivity index (χ3n) is 3.71. The van der Waals surface area contributed by atoms with Crippen LogP contribution in [-0.2, 0) is 0 Å². The van der Waals surface area contributed by atoms with E-state index in [1.54, 1.807) is 0 Å². The molecule has 0 nitrogen and oxygen atoms in total. The van der Waals surface area contributed by atoms with E-state index in [1.807, 2.05) is 0 Å². The molecule has 0 saturated heterocycles. The molecule has 0 heterocycles. The first-order valence-corrected chi connectivity index (χ1v) is 10.6. The highest BCUT2D eigenvalue weighted by molar-refractivity contribution is 9.11. The molecule has 0 bridgehead atoms. The topological polar surface area (TPSA) is 0 Å². The lowest BCUT2D eigenvalue weighted by molar-refractivity contribution is 0.863. The fourth-order valence-corrected chi connectivity index (χ4v) is 5.06. The van der Waals surface area contributed by atoms with Gasteiger partial charge in [-0.05, 0) is 58.4 Å². The molecule has 23 heavy (non-hydrogen) atoms. The van der Waals surface area contributed by atoms with Crippen LogP contribution < -0.4 is 0 Å². The molecule has 0 unspecified atom stereocenters. The van der Waals surface area contributed by atoms with E-state index in [4.69, 9.17) is 0 Å². The van der Waals surface area contributed by atoms with E-state index < -0.39 is 0 Å². The average Bonchev–Trinajstić information content (AvgIpc) is 2.44. The first-order valence-electron chi connectivity index (χ1n) is 7.45. The summed E-state index contributed by atoms with van der Waals surface area (Å²) in [6.45, 7) is 8.77. The SMILES string of the molecule is CC(C)c1cc(Br)c([C]c2c(Br)cc(C(C)C)cc2Br)c(Br)c1. The van der Waals surface area contributed by atoms with Crippen LogP contribution in [0.2, 0.25) is 0 Å². The molecule has 2 radical (unpaired) electrons. The molecule has 0 atom stereocenters. The number of benzene rings is 2. The van der Waals surface area contributed by atoms with Crippen LogP contribution in [0.5, 0.6) is 0 Å². The van der Waals surface area contributed by atoms with Crippen molar-refractivity contribution < 1.29 is 0 Å². The van der Waals surface area contributed by atoms with Crippen molar-refractivity contribution in [3.63, 3.8) is 0 Å². The summed E-state index contributed by atoms with van der Waals surface area (Å²) in [4.78, 5) is 0. The number of hydrogen-bond donors (Lipinski definition) is 0. The second-order valence-electron chi connectivity index (χ2n) is 6.15. The molecule has 0 aliphatic carbocycles. The second-order valence-corrected chi connectivity index (χ2v) is 9.57. The summed E-state index contributed by atoms with van der Waals surface area (Å²) in [5, 5.41) is 0. The summed E-state index contributed by atoms with van der Waals surface area (Å²) < 4.78 is 4.18. The van der Waals surface area contributed by atoms with Gasteiger partial charge in [0.05, 0.1) is 6.42 Å². The van der Waals surface area contributed by atoms with E-state index in [0.717, 1.165) is 29.0 Å². The zero-order chi connectivity index (χ0) is 17.3. The van der Waals surface area contributed by atoms with Crippen LogP contribution in [0.25, 0.3) is 0 Å². The quantitative estimate of drug-likeness (QED) is 0.349. The van der Waals surface area contributed by atoms with Crippen LogP contribution >= 0.6 is 63.7 Å². The molecule has 0 aliphatic rings. The van der Waals surface area contributed by atoms with Crippen LogP contribution in [0, 0.1) is 6.42 Å². The van der Waals surface area contributed by atoms with Crippen molar-refractivity contribution >= 4 is 63.7 Å². The summed E-state index contributed by atoms with van der Waals surface area (Å²) in [5.41, 5.74) is 4.63. The predicted octanol–water partition coefficient (Wildman–Crippen LogP) is 8.46. The number of hydrogen-bond acceptors (Lipinski definition) is 0. The lowest BCUT2D eigenvalue weighted by Gasteiger charge is -2.15. The van der Waals surface area contributed by atoms with Gasteiger partial charge in [0.25, 0.3) is 0 Å². The highest BCUT2D eigenvalue weighted by Crippen LogP contribution is 2.38. The minimum Gasteiger partial charge on any atom is -0.0587 e. The second kappa shape index (κ2) is 8.16. The Morgan fingerprint density at radius 1 is 0.609 bits per heavy atom. The molecule has 0 saturated carbocycles. The molecule has 0 amide bonds. The Hall–Kier alpha value is 0.360. The summed E-state index contributed by atoms with van der Waals surface area (Å²) in [7, 11) is 0. The lowest BCUT2D eigenvalue weighted by Crippen LogP contribution is -1.97. The van der Waals surface area contributed by atoms with E-state index >= 15 is 0 Å². The Balaban J connectivity index is 2.44. The van der Waals surface area contributed by atoms with Crippen LogP contribution in [-0.4, -0.2) is 0 Å². The summed E-state index contributed by atoms with van der Waals surface area (Å²) in [6, 6.07) is 8.67. The van der Waals surface area contributed by atoms with Crippen LogP contribution in [0.3, 0.4) is 0 Å². The Labute approximate surface area is 173 Å². The molecular weight excluding hydrogens is 548 g/mol. The normalized spacial score (nSPS) is 11.6. The number of halogens is 4. The molecule has 0 aliphatic heterocycles. The Bertz CT molecular complexity index is 610. The highest BCUT2D eigenvalue weighted by atomic mass is 79.9. The average molecular weight is 566 g/mol. The maximum absolute atomic E-state index is 3.69. The van der Waals surface area contributed by atoms with E-state index in [9.17, 15) is 0 Å². The third-order valence-corrected chi connectivity index (χ3v) is 6.21. The molecule has 0 spiro atoms. The molecule has 0 N–H and O–H groups in total. The van der Waals surface area contributed by atoms with Gasteiger partial charge < -0.3 is 0 Å². The van der Waals surface area contributed by atoms with Gasteiger partial charge in [-0.2, -0.15) is 0 Å². The summed E-state index contributed by atoms with van der Waals surface area (Å²) in [5.74, 6) is 0.973. The first kappa shape index (κ1) is 19.7.